The summed E-state index contributed by atoms with van der Waals surface area (Å²) in [6.45, 7) is 23.9. The lowest BCUT2D eigenvalue weighted by atomic mass is 9.86. The number of hydrogen-bond donors (Lipinski definition) is 2. The molecule has 2 fully saturated rings. The summed E-state index contributed by atoms with van der Waals surface area (Å²) in [4.78, 5) is 87.9. The molecule has 3 N–H and O–H groups in total. The second kappa shape index (κ2) is 34.0. The molecule has 0 saturated carbocycles. The zero-order chi connectivity index (χ0) is 61.7. The number of aromatic nitrogens is 4. The second-order valence-electron chi connectivity index (χ2n) is 23.1. The number of rotatable bonds is 22. The Morgan fingerprint density at radius 2 is 0.988 bits per heavy atom. The highest BCUT2D eigenvalue weighted by Gasteiger charge is 2.29. The van der Waals surface area contributed by atoms with Crippen molar-refractivity contribution in [2.24, 2.45) is 17.6 Å². The Kier molecular flexibility index (Phi) is 27.4. The van der Waals surface area contributed by atoms with Gasteiger partial charge in [0.15, 0.2) is 5.78 Å². The van der Waals surface area contributed by atoms with E-state index in [-0.39, 0.29) is 61.4 Å². The molecule has 4 aromatic heterocycles. The Morgan fingerprint density at radius 3 is 1.42 bits per heavy atom. The SMILES string of the molecule is C.CC(C)CC(C(=O)O)n1cc(CN2CCOCC2)ccc1=O.COC(=O)C[C@H](CC(=O)C(CC(C)C)n1cc(CN2CCOCC2)ccc1=O)c1cncc(-c2c(C)cccc2C)c1.COC(=O)C[C@H](N)c1cncc(-c2c(C)cccc2C)c1. The van der Waals surface area contributed by atoms with Crippen LogP contribution in [-0.2, 0) is 51.2 Å². The number of carbonyl (C=O) groups is 4. The van der Waals surface area contributed by atoms with E-state index in [1.165, 1.54) is 36.0 Å². The van der Waals surface area contributed by atoms with Crippen LogP contribution >= 0.6 is 0 Å². The molecule has 2 aliphatic heterocycles. The molecule has 0 spiro atoms. The number of Topliss-reactive ketones (excluding diaryl/α,β-unsaturated/α-hetero) is 1. The Hall–Kier alpha value is -7.48. The van der Waals surface area contributed by atoms with Crippen LogP contribution in [0.1, 0.15) is 136 Å². The van der Waals surface area contributed by atoms with Gasteiger partial charge < -0.3 is 38.9 Å². The van der Waals surface area contributed by atoms with E-state index in [0.29, 0.717) is 52.4 Å². The van der Waals surface area contributed by atoms with Crippen molar-refractivity contribution in [2.45, 2.75) is 132 Å². The van der Waals surface area contributed by atoms with Gasteiger partial charge in [-0.2, -0.15) is 0 Å². The maximum absolute atomic E-state index is 14.1. The fraction of sp³-hybridized carbons (Fsp3) is 0.471. The van der Waals surface area contributed by atoms with Gasteiger partial charge in [0, 0.05) is 118 Å². The number of ketones is 1. The molecule has 6 aromatic rings. The zero-order valence-electron chi connectivity index (χ0n) is 51.3. The van der Waals surface area contributed by atoms with Gasteiger partial charge in [0.05, 0.1) is 59.5 Å². The average Bonchev–Trinajstić information content (AvgIpc) is 2.52. The molecule has 18 heteroatoms. The van der Waals surface area contributed by atoms with Crippen LogP contribution in [0.15, 0.2) is 120 Å². The number of nitrogens with two attached hydrogens (primary N) is 1. The number of carbonyl (C=O) groups excluding carboxylic acids is 3. The quantitative estimate of drug-likeness (QED) is 0.0603. The Labute approximate surface area is 507 Å². The molecule has 6 heterocycles. The summed E-state index contributed by atoms with van der Waals surface area (Å²) in [5, 5.41) is 9.43. The summed E-state index contributed by atoms with van der Waals surface area (Å²) >= 11 is 0. The van der Waals surface area contributed by atoms with Crippen LogP contribution in [0.25, 0.3) is 22.3 Å². The maximum Gasteiger partial charge on any atom is 0.326 e. The van der Waals surface area contributed by atoms with Crippen LogP contribution in [0.5, 0.6) is 0 Å². The molecule has 2 unspecified atom stereocenters. The number of hydrogen-bond acceptors (Lipinski definition) is 15. The molecule has 8 rings (SSSR count). The molecule has 4 atom stereocenters. The Morgan fingerprint density at radius 1 is 0.581 bits per heavy atom. The molecule has 464 valence electrons. The summed E-state index contributed by atoms with van der Waals surface area (Å²) in [7, 11) is 2.72. The number of morpholine rings is 2. The van der Waals surface area contributed by atoms with Crippen molar-refractivity contribution in [3.8, 4) is 22.3 Å². The summed E-state index contributed by atoms with van der Waals surface area (Å²) in [5.41, 5.74) is 18.0. The van der Waals surface area contributed by atoms with Gasteiger partial charge in [0.2, 0.25) is 0 Å². The topological polar surface area (TPSA) is 228 Å². The first kappa shape index (κ1) is 69.3. The molecule has 0 aliphatic carbocycles. The van der Waals surface area contributed by atoms with Crippen molar-refractivity contribution in [3.05, 3.63) is 175 Å². The first-order chi connectivity index (χ1) is 40.6. The van der Waals surface area contributed by atoms with Crippen LogP contribution in [0, 0.1) is 39.5 Å². The highest BCUT2D eigenvalue weighted by Crippen LogP contribution is 2.34. The molecule has 0 bridgehead atoms. The van der Waals surface area contributed by atoms with Crippen LogP contribution in [0.3, 0.4) is 0 Å². The smallest absolute Gasteiger partial charge is 0.326 e. The third kappa shape index (κ3) is 20.3. The number of carboxylic acid groups (broad SMARTS) is 1. The summed E-state index contributed by atoms with van der Waals surface area (Å²) < 4.78 is 23.4. The minimum atomic E-state index is -0.959. The number of benzene rings is 2. The molecular formula is C68H91N7O11. The monoisotopic (exact) mass is 1180 g/mol. The number of methoxy groups -OCH3 is 2. The summed E-state index contributed by atoms with van der Waals surface area (Å²) in [6.07, 6.45) is 11.8. The van der Waals surface area contributed by atoms with Gasteiger partial charge in [-0.25, -0.2) is 4.79 Å². The second-order valence-corrected chi connectivity index (χ2v) is 23.1. The lowest BCUT2D eigenvalue weighted by molar-refractivity contribution is -0.142. The van der Waals surface area contributed by atoms with E-state index in [0.717, 1.165) is 81.8 Å². The molecular weight excluding hydrogens is 1090 g/mol. The van der Waals surface area contributed by atoms with E-state index in [1.807, 2.05) is 76.6 Å². The molecule has 0 radical (unpaired) electrons. The van der Waals surface area contributed by atoms with Gasteiger partial charge in [0.25, 0.3) is 11.1 Å². The average molecular weight is 1180 g/mol. The van der Waals surface area contributed by atoms with Crippen LogP contribution < -0.4 is 16.9 Å². The highest BCUT2D eigenvalue weighted by atomic mass is 16.5. The van der Waals surface area contributed by atoms with Crippen molar-refractivity contribution in [1.29, 1.82) is 0 Å². The van der Waals surface area contributed by atoms with Crippen LogP contribution in [0.2, 0.25) is 0 Å². The van der Waals surface area contributed by atoms with Gasteiger partial charge in [-0.15, -0.1) is 0 Å². The largest absolute Gasteiger partial charge is 0.480 e. The van der Waals surface area contributed by atoms with Crippen molar-refractivity contribution in [1.82, 2.24) is 28.9 Å². The Balaban J connectivity index is 0.000000258. The minimum Gasteiger partial charge on any atom is -0.480 e. The normalized spacial score (nSPS) is 14.9. The summed E-state index contributed by atoms with van der Waals surface area (Å²) in [5.74, 6) is -1.81. The van der Waals surface area contributed by atoms with E-state index in [2.05, 4.69) is 76.5 Å². The highest BCUT2D eigenvalue weighted by molar-refractivity contribution is 5.84. The lowest BCUT2D eigenvalue weighted by Crippen LogP contribution is -2.36. The van der Waals surface area contributed by atoms with Gasteiger partial charge in [-0.1, -0.05) is 83.7 Å². The van der Waals surface area contributed by atoms with Crippen molar-refractivity contribution >= 4 is 23.7 Å². The van der Waals surface area contributed by atoms with Gasteiger partial charge in [-0.3, -0.25) is 43.7 Å². The number of ether oxygens (including phenoxy) is 4. The van der Waals surface area contributed by atoms with Gasteiger partial charge >= 0.3 is 17.9 Å². The number of carboxylic acids is 1. The third-order valence-corrected chi connectivity index (χ3v) is 15.4. The van der Waals surface area contributed by atoms with Crippen molar-refractivity contribution in [3.63, 3.8) is 0 Å². The number of esters is 2. The molecule has 2 aliphatic rings. The number of nitrogens with zero attached hydrogens (tertiary/aromatic N) is 6. The predicted octanol–water partition coefficient (Wildman–Crippen LogP) is 10.2. The van der Waals surface area contributed by atoms with Crippen LogP contribution in [0.4, 0.5) is 0 Å². The van der Waals surface area contributed by atoms with E-state index in [9.17, 15) is 33.9 Å². The third-order valence-electron chi connectivity index (χ3n) is 15.4. The molecule has 0 amide bonds. The van der Waals surface area contributed by atoms with Gasteiger partial charge in [0.1, 0.15) is 6.04 Å². The van der Waals surface area contributed by atoms with Crippen molar-refractivity contribution in [2.75, 3.05) is 66.8 Å². The first-order valence-corrected chi connectivity index (χ1v) is 29.4. The lowest BCUT2D eigenvalue weighted by Gasteiger charge is -2.27. The number of aryl methyl sites for hydroxylation is 4. The number of aliphatic carboxylic acids is 1. The molecule has 2 saturated heterocycles. The van der Waals surface area contributed by atoms with E-state index < -0.39 is 36.0 Å². The van der Waals surface area contributed by atoms with Crippen molar-refractivity contribution < 1.29 is 43.2 Å². The predicted molar refractivity (Wildman–Crippen MR) is 336 cm³/mol. The fourth-order valence-corrected chi connectivity index (χ4v) is 10.9. The Bertz CT molecular complexity index is 3270. The van der Waals surface area contributed by atoms with Gasteiger partial charge in [-0.05, 0) is 120 Å². The molecule has 2 aromatic carbocycles. The molecule has 86 heavy (non-hydrogen) atoms. The van der Waals surface area contributed by atoms with E-state index in [4.69, 9.17) is 19.9 Å². The van der Waals surface area contributed by atoms with E-state index in [1.54, 1.807) is 35.3 Å². The standard InChI is InChI=1S/C34H43N3O5.C17H20N2O2.C16H24N2O4.CH4/c1-23(2)15-30(37-22-26(9-10-32(37)39)21-36-11-13-42-14-12-36)31(38)17-27(18-33(40)41-5)28-16-29(20-35-19-28)34-24(3)7-6-8-25(34)4;1-11-5-4-6-12(2)17(11)14-7-13(9-19-10-14)15(18)8-16(20)21-3;1-12(2)9-14(16(20)21)18-11-13(3-4-15(18)19)10-17-5-7-22-8-6-17;/h6-10,16,19-20,22-23,27,30H,11-15,17-18,21H2,1-5H3;4-7,9-10,15H,8,18H2,1-3H3;3-4,11-12,14H,5-10H2,1-2H3,(H,20,21);1H4/t27-,30?;15-;;/m00../s1. The van der Waals surface area contributed by atoms with E-state index >= 15 is 0 Å². The molecule has 18 nitrogen and oxygen atoms in total. The zero-order valence-corrected chi connectivity index (χ0v) is 51.3. The number of pyridine rings is 4. The maximum atomic E-state index is 14.1. The first-order valence-electron chi connectivity index (χ1n) is 29.4. The van der Waals surface area contributed by atoms with Crippen LogP contribution in [-0.4, -0.2) is 125 Å². The minimum absolute atomic E-state index is 0. The fourth-order valence-electron chi connectivity index (χ4n) is 10.9. The summed E-state index contributed by atoms with van der Waals surface area (Å²) in [6, 6.07) is 21.1.